The highest BCUT2D eigenvalue weighted by Crippen LogP contribution is 2.24. The molecule has 0 heterocycles. The van der Waals surface area contributed by atoms with E-state index in [-0.39, 0.29) is 0 Å². The number of hydrogen-bond acceptors (Lipinski definition) is 2. The summed E-state index contributed by atoms with van der Waals surface area (Å²) in [5.41, 5.74) is 1.41. The maximum atomic E-state index is 6.85. The largest absolute Gasteiger partial charge is 0.317 e. The Labute approximate surface area is 114 Å². The Morgan fingerprint density at radius 3 is 1.78 bits per heavy atom. The molecule has 106 valence electrons. The van der Waals surface area contributed by atoms with Crippen LogP contribution >= 0.6 is 0 Å². The Kier molecular flexibility index (Phi) is 13.6. The van der Waals surface area contributed by atoms with Gasteiger partial charge < -0.3 is 10.7 Å². The molecule has 1 saturated carbocycles. The van der Waals surface area contributed by atoms with Gasteiger partial charge in [-0.1, -0.05) is 26.5 Å². The van der Waals surface area contributed by atoms with Crippen LogP contribution in [0.3, 0.4) is 0 Å². The van der Waals surface area contributed by atoms with Crippen molar-refractivity contribution < 1.29 is 0 Å². The summed E-state index contributed by atoms with van der Waals surface area (Å²) in [6.07, 6.45) is 7.41. The molecule has 2 nitrogen and oxygen atoms in total. The number of hydrogen-bond donors (Lipinski definition) is 2. The third kappa shape index (κ3) is 10.3. The third-order valence-corrected chi connectivity index (χ3v) is 3.15. The Morgan fingerprint density at radius 1 is 1.17 bits per heavy atom. The van der Waals surface area contributed by atoms with Crippen molar-refractivity contribution in [3.05, 3.63) is 24.8 Å². The lowest BCUT2D eigenvalue weighted by molar-refractivity contribution is 0.342. The molecule has 0 amide bonds. The molecule has 0 unspecified atom stereocenters. The standard InChI is InChI=1S/C9H17N.C5H9N.C2H6/c1-3-8-4-6-9(10-2)7-5-8;1-4(2)5(3)6;1-2/h3,8-10H,1,4-7H2,2H3;6H,1H2,2-3H3;1-2H3. The third-order valence-electron chi connectivity index (χ3n) is 3.15. The summed E-state index contributed by atoms with van der Waals surface area (Å²) in [6.45, 7) is 14.9. The van der Waals surface area contributed by atoms with Crippen LogP contribution in [-0.4, -0.2) is 18.8 Å². The van der Waals surface area contributed by atoms with E-state index in [1.165, 1.54) is 25.7 Å². The van der Waals surface area contributed by atoms with Gasteiger partial charge in [0.2, 0.25) is 0 Å². The van der Waals surface area contributed by atoms with Crippen molar-refractivity contribution in [3.8, 4) is 0 Å². The first kappa shape index (κ1) is 19.4. The second-order valence-electron chi connectivity index (χ2n) is 4.54. The van der Waals surface area contributed by atoms with Crippen molar-refractivity contribution in [2.75, 3.05) is 7.05 Å². The van der Waals surface area contributed by atoms with Crippen molar-refractivity contribution in [3.63, 3.8) is 0 Å². The average molecular weight is 252 g/mol. The van der Waals surface area contributed by atoms with Crippen LogP contribution < -0.4 is 5.32 Å². The highest BCUT2D eigenvalue weighted by Gasteiger charge is 2.16. The number of nitrogens with one attached hydrogen (secondary N) is 2. The summed E-state index contributed by atoms with van der Waals surface area (Å²) in [4.78, 5) is 0. The molecular weight excluding hydrogens is 220 g/mol. The summed E-state index contributed by atoms with van der Waals surface area (Å²) >= 11 is 0. The molecule has 18 heavy (non-hydrogen) atoms. The monoisotopic (exact) mass is 252 g/mol. The summed E-state index contributed by atoms with van der Waals surface area (Å²) in [5, 5.41) is 10.2. The Morgan fingerprint density at radius 2 is 1.56 bits per heavy atom. The maximum absolute atomic E-state index is 6.85. The van der Waals surface area contributed by atoms with E-state index in [1.54, 1.807) is 6.92 Å². The maximum Gasteiger partial charge on any atom is 0.0306 e. The van der Waals surface area contributed by atoms with Crippen molar-refractivity contribution in [2.45, 2.75) is 59.4 Å². The first-order valence-corrected chi connectivity index (χ1v) is 7.02. The van der Waals surface area contributed by atoms with E-state index in [1.807, 2.05) is 20.8 Å². The molecule has 0 spiro atoms. The molecule has 0 aromatic heterocycles. The molecule has 1 rings (SSSR count). The minimum absolute atomic E-state index is 0.565. The van der Waals surface area contributed by atoms with Gasteiger partial charge in [0.25, 0.3) is 0 Å². The predicted molar refractivity (Wildman–Crippen MR) is 84.6 cm³/mol. The molecule has 1 aliphatic carbocycles. The van der Waals surface area contributed by atoms with Crippen molar-refractivity contribution in [1.82, 2.24) is 5.32 Å². The van der Waals surface area contributed by atoms with Crippen molar-refractivity contribution in [1.29, 1.82) is 5.41 Å². The molecule has 1 aliphatic rings. The van der Waals surface area contributed by atoms with Crippen LogP contribution in [0.15, 0.2) is 24.8 Å². The quantitative estimate of drug-likeness (QED) is 0.560. The van der Waals surface area contributed by atoms with Crippen LogP contribution in [0, 0.1) is 11.3 Å². The highest BCUT2D eigenvalue weighted by molar-refractivity contribution is 5.94. The van der Waals surface area contributed by atoms with Gasteiger partial charge in [0.05, 0.1) is 0 Å². The molecule has 2 N–H and O–H groups in total. The summed E-state index contributed by atoms with van der Waals surface area (Å²) in [7, 11) is 2.05. The van der Waals surface area contributed by atoms with Gasteiger partial charge in [-0.05, 0) is 58.1 Å². The van der Waals surface area contributed by atoms with E-state index < -0.39 is 0 Å². The van der Waals surface area contributed by atoms with E-state index in [9.17, 15) is 0 Å². The zero-order chi connectivity index (χ0) is 14.6. The summed E-state index contributed by atoms with van der Waals surface area (Å²) < 4.78 is 0. The van der Waals surface area contributed by atoms with Gasteiger partial charge in [-0.3, -0.25) is 0 Å². The van der Waals surface area contributed by atoms with Crippen LogP contribution in [0.25, 0.3) is 0 Å². The molecule has 0 saturated heterocycles. The fraction of sp³-hybridized carbons (Fsp3) is 0.688. The minimum Gasteiger partial charge on any atom is -0.317 e. The fourth-order valence-corrected chi connectivity index (χ4v) is 1.64. The smallest absolute Gasteiger partial charge is 0.0306 e. The first-order valence-electron chi connectivity index (χ1n) is 7.02. The second kappa shape index (κ2) is 12.6. The molecule has 0 aromatic rings. The Balaban J connectivity index is 0. The van der Waals surface area contributed by atoms with Crippen molar-refractivity contribution >= 4 is 5.71 Å². The highest BCUT2D eigenvalue weighted by atomic mass is 14.9. The fourth-order valence-electron chi connectivity index (χ4n) is 1.64. The van der Waals surface area contributed by atoms with Crippen LogP contribution in [-0.2, 0) is 0 Å². The second-order valence-corrected chi connectivity index (χ2v) is 4.54. The van der Waals surface area contributed by atoms with E-state index in [4.69, 9.17) is 5.41 Å². The van der Waals surface area contributed by atoms with Crippen molar-refractivity contribution in [2.24, 2.45) is 5.92 Å². The molecule has 0 atom stereocenters. The van der Waals surface area contributed by atoms with Gasteiger partial charge in [0, 0.05) is 11.8 Å². The van der Waals surface area contributed by atoms with Gasteiger partial charge >= 0.3 is 0 Å². The van der Waals surface area contributed by atoms with E-state index in [0.717, 1.165) is 17.5 Å². The van der Waals surface area contributed by atoms with E-state index in [2.05, 4.69) is 31.6 Å². The van der Waals surface area contributed by atoms with Gasteiger partial charge in [-0.25, -0.2) is 0 Å². The molecule has 0 bridgehead atoms. The molecule has 2 heteroatoms. The lowest BCUT2D eigenvalue weighted by Crippen LogP contribution is -2.29. The van der Waals surface area contributed by atoms with E-state index in [0.29, 0.717) is 5.71 Å². The van der Waals surface area contributed by atoms with Gasteiger partial charge in [0.1, 0.15) is 0 Å². The van der Waals surface area contributed by atoms with Crippen LogP contribution in [0.2, 0.25) is 0 Å². The van der Waals surface area contributed by atoms with Crippen LogP contribution in [0.1, 0.15) is 53.4 Å². The lowest BCUT2D eigenvalue weighted by atomic mass is 9.86. The molecule has 0 aliphatic heterocycles. The zero-order valence-electron chi connectivity index (χ0n) is 13.0. The first-order chi connectivity index (χ1) is 8.51. The Bertz CT molecular complexity index is 223. The lowest BCUT2D eigenvalue weighted by Gasteiger charge is -2.25. The summed E-state index contributed by atoms with van der Waals surface area (Å²) in [6, 6.07) is 0.774. The van der Waals surface area contributed by atoms with Gasteiger partial charge in [-0.15, -0.1) is 6.58 Å². The summed E-state index contributed by atoms with van der Waals surface area (Å²) in [5.74, 6) is 0.796. The average Bonchev–Trinajstić information content (AvgIpc) is 2.41. The normalized spacial score (nSPS) is 21.6. The SMILES string of the molecule is C=C(C)C(C)=N.C=CC1CCC(NC)CC1.CC. The molecular formula is C16H32N2. The van der Waals surface area contributed by atoms with Crippen LogP contribution in [0.5, 0.6) is 0 Å². The minimum atomic E-state index is 0.565. The number of allylic oxidation sites excluding steroid dienone is 2. The molecule has 1 fully saturated rings. The van der Waals surface area contributed by atoms with E-state index >= 15 is 0 Å². The molecule has 0 radical (unpaired) electrons. The Hall–Kier alpha value is -0.890. The predicted octanol–water partition coefficient (Wildman–Crippen LogP) is 4.58. The zero-order valence-corrected chi connectivity index (χ0v) is 13.0. The van der Waals surface area contributed by atoms with Crippen LogP contribution in [0.4, 0.5) is 0 Å². The van der Waals surface area contributed by atoms with Gasteiger partial charge in [-0.2, -0.15) is 0 Å². The number of rotatable bonds is 3. The topological polar surface area (TPSA) is 35.9 Å². The van der Waals surface area contributed by atoms with Gasteiger partial charge in [0.15, 0.2) is 0 Å². The molecule has 0 aromatic carbocycles.